The van der Waals surface area contributed by atoms with Gasteiger partial charge in [-0.05, 0) is 31.8 Å². The monoisotopic (exact) mass is 222 g/mol. The molecular formula is C12H18N2O2. The molecule has 4 nitrogen and oxygen atoms in total. The lowest BCUT2D eigenvalue weighted by Gasteiger charge is -2.09. The van der Waals surface area contributed by atoms with Gasteiger partial charge in [-0.2, -0.15) is 0 Å². The molecule has 0 aliphatic rings. The molecule has 0 radical (unpaired) electrons. The quantitative estimate of drug-likeness (QED) is 0.780. The summed E-state index contributed by atoms with van der Waals surface area (Å²) in [5.74, 6) is 0.247. The van der Waals surface area contributed by atoms with E-state index in [0.717, 1.165) is 12.1 Å². The second kappa shape index (κ2) is 6.12. The molecule has 0 saturated carbocycles. The Morgan fingerprint density at radius 2 is 2.19 bits per heavy atom. The van der Waals surface area contributed by atoms with Gasteiger partial charge < -0.3 is 15.3 Å². The van der Waals surface area contributed by atoms with Crippen LogP contribution in [0.25, 0.3) is 0 Å². The first-order chi connectivity index (χ1) is 7.58. The van der Waals surface area contributed by atoms with Crippen molar-refractivity contribution in [3.05, 3.63) is 29.8 Å². The molecule has 0 atom stereocenters. The first-order valence-electron chi connectivity index (χ1n) is 5.27. The van der Waals surface area contributed by atoms with E-state index in [0.29, 0.717) is 13.0 Å². The van der Waals surface area contributed by atoms with Crippen LogP contribution in [0, 0.1) is 0 Å². The van der Waals surface area contributed by atoms with Gasteiger partial charge in [0.2, 0.25) is 5.91 Å². The van der Waals surface area contributed by atoms with E-state index in [-0.39, 0.29) is 11.7 Å². The zero-order valence-corrected chi connectivity index (χ0v) is 9.73. The van der Waals surface area contributed by atoms with Crippen LogP contribution in [0.2, 0.25) is 0 Å². The third-order valence-electron chi connectivity index (χ3n) is 2.19. The molecule has 0 aromatic heterocycles. The maximum absolute atomic E-state index is 11.4. The molecule has 1 aromatic rings. The molecule has 4 heteroatoms. The molecule has 1 rings (SSSR count). The molecule has 0 heterocycles. The number of carbonyl (C=O) groups excluding carboxylic acids is 1. The van der Waals surface area contributed by atoms with Crippen LogP contribution in [0.4, 0.5) is 0 Å². The molecule has 0 bridgehead atoms. The summed E-state index contributed by atoms with van der Waals surface area (Å²) in [6.07, 6.45) is 0.492. The highest BCUT2D eigenvalue weighted by atomic mass is 16.3. The van der Waals surface area contributed by atoms with Crippen molar-refractivity contribution < 1.29 is 9.90 Å². The standard InChI is InChI=1S/C12H18N2O2/c1-14(2)7-6-12(16)13-9-10-4-3-5-11(15)8-10/h3-5,8,15H,6-7,9H2,1-2H3,(H,13,16). The van der Waals surface area contributed by atoms with Gasteiger partial charge in [-0.1, -0.05) is 12.1 Å². The highest BCUT2D eigenvalue weighted by molar-refractivity contribution is 5.76. The third kappa shape index (κ3) is 4.79. The summed E-state index contributed by atoms with van der Waals surface area (Å²) >= 11 is 0. The van der Waals surface area contributed by atoms with Gasteiger partial charge in [0.25, 0.3) is 0 Å². The van der Waals surface area contributed by atoms with Crippen LogP contribution >= 0.6 is 0 Å². The molecular weight excluding hydrogens is 204 g/mol. The molecule has 16 heavy (non-hydrogen) atoms. The molecule has 0 spiro atoms. The molecule has 0 unspecified atom stereocenters. The van der Waals surface area contributed by atoms with Crippen LogP contribution in [0.3, 0.4) is 0 Å². The van der Waals surface area contributed by atoms with E-state index in [4.69, 9.17) is 0 Å². The lowest BCUT2D eigenvalue weighted by atomic mass is 10.2. The normalized spacial score (nSPS) is 10.4. The van der Waals surface area contributed by atoms with E-state index in [9.17, 15) is 9.90 Å². The van der Waals surface area contributed by atoms with Gasteiger partial charge in [-0.25, -0.2) is 0 Å². The van der Waals surface area contributed by atoms with E-state index >= 15 is 0 Å². The van der Waals surface area contributed by atoms with Crippen LogP contribution in [0.5, 0.6) is 5.75 Å². The van der Waals surface area contributed by atoms with Crippen LogP contribution in [-0.4, -0.2) is 36.6 Å². The van der Waals surface area contributed by atoms with E-state index in [1.165, 1.54) is 0 Å². The predicted octanol–water partition coefficient (Wildman–Crippen LogP) is 0.960. The third-order valence-corrected chi connectivity index (χ3v) is 2.19. The Labute approximate surface area is 95.9 Å². The number of carbonyl (C=O) groups is 1. The van der Waals surface area contributed by atoms with Crippen molar-refractivity contribution in [2.45, 2.75) is 13.0 Å². The average Bonchev–Trinajstić information content (AvgIpc) is 2.23. The topological polar surface area (TPSA) is 52.6 Å². The molecule has 0 saturated heterocycles. The lowest BCUT2D eigenvalue weighted by molar-refractivity contribution is -0.121. The number of nitrogens with zero attached hydrogens (tertiary/aromatic N) is 1. The lowest BCUT2D eigenvalue weighted by Crippen LogP contribution is -2.26. The highest BCUT2D eigenvalue weighted by Crippen LogP contribution is 2.10. The van der Waals surface area contributed by atoms with Gasteiger partial charge in [0.05, 0.1) is 0 Å². The Bertz CT molecular complexity index is 351. The van der Waals surface area contributed by atoms with E-state index in [2.05, 4.69) is 5.32 Å². The summed E-state index contributed by atoms with van der Waals surface area (Å²) in [6, 6.07) is 6.88. The molecule has 1 aromatic carbocycles. The van der Waals surface area contributed by atoms with Crippen molar-refractivity contribution in [2.24, 2.45) is 0 Å². The van der Waals surface area contributed by atoms with E-state index in [1.54, 1.807) is 18.2 Å². The first kappa shape index (κ1) is 12.5. The minimum Gasteiger partial charge on any atom is -0.508 e. The van der Waals surface area contributed by atoms with Crippen molar-refractivity contribution in [3.63, 3.8) is 0 Å². The van der Waals surface area contributed by atoms with Crippen LogP contribution < -0.4 is 5.32 Å². The zero-order valence-electron chi connectivity index (χ0n) is 9.73. The second-order valence-electron chi connectivity index (χ2n) is 4.00. The SMILES string of the molecule is CN(C)CCC(=O)NCc1cccc(O)c1. The maximum atomic E-state index is 11.4. The highest BCUT2D eigenvalue weighted by Gasteiger charge is 2.02. The Morgan fingerprint density at radius 3 is 2.81 bits per heavy atom. The maximum Gasteiger partial charge on any atom is 0.221 e. The molecule has 0 fully saturated rings. The van der Waals surface area contributed by atoms with Crippen molar-refractivity contribution in [3.8, 4) is 5.75 Å². The fraction of sp³-hybridized carbons (Fsp3) is 0.417. The number of hydrogen-bond donors (Lipinski definition) is 2. The number of rotatable bonds is 5. The van der Waals surface area contributed by atoms with Gasteiger partial charge in [0.15, 0.2) is 0 Å². The van der Waals surface area contributed by atoms with Gasteiger partial charge >= 0.3 is 0 Å². The summed E-state index contributed by atoms with van der Waals surface area (Å²) < 4.78 is 0. The Hall–Kier alpha value is -1.55. The minimum atomic E-state index is 0.0250. The second-order valence-corrected chi connectivity index (χ2v) is 4.00. The van der Waals surface area contributed by atoms with E-state index < -0.39 is 0 Å². The number of aromatic hydroxyl groups is 1. The Morgan fingerprint density at radius 1 is 1.44 bits per heavy atom. The number of nitrogens with one attached hydrogen (secondary N) is 1. The predicted molar refractivity (Wildman–Crippen MR) is 63.1 cm³/mol. The number of phenolic OH excluding ortho intramolecular Hbond substituents is 1. The Balaban J connectivity index is 2.31. The zero-order chi connectivity index (χ0) is 12.0. The summed E-state index contributed by atoms with van der Waals surface area (Å²) in [5.41, 5.74) is 0.901. The largest absolute Gasteiger partial charge is 0.508 e. The number of amides is 1. The molecule has 1 amide bonds. The molecule has 0 aliphatic carbocycles. The van der Waals surface area contributed by atoms with Crippen LogP contribution in [0.15, 0.2) is 24.3 Å². The summed E-state index contributed by atoms with van der Waals surface area (Å²) in [4.78, 5) is 13.4. The average molecular weight is 222 g/mol. The van der Waals surface area contributed by atoms with Crippen molar-refractivity contribution in [1.82, 2.24) is 10.2 Å². The smallest absolute Gasteiger partial charge is 0.221 e. The van der Waals surface area contributed by atoms with Gasteiger partial charge in [-0.15, -0.1) is 0 Å². The molecule has 88 valence electrons. The fourth-order valence-electron chi connectivity index (χ4n) is 1.28. The van der Waals surface area contributed by atoms with Crippen LogP contribution in [-0.2, 0) is 11.3 Å². The molecule has 2 N–H and O–H groups in total. The Kier molecular flexibility index (Phi) is 4.79. The summed E-state index contributed by atoms with van der Waals surface area (Å²) in [5, 5.41) is 12.0. The number of benzene rings is 1. The summed E-state index contributed by atoms with van der Waals surface area (Å²) in [7, 11) is 3.87. The first-order valence-corrected chi connectivity index (χ1v) is 5.27. The van der Waals surface area contributed by atoms with Gasteiger partial charge in [0, 0.05) is 19.5 Å². The van der Waals surface area contributed by atoms with Gasteiger partial charge in [0.1, 0.15) is 5.75 Å². The minimum absolute atomic E-state index is 0.0250. The van der Waals surface area contributed by atoms with Crippen LogP contribution in [0.1, 0.15) is 12.0 Å². The summed E-state index contributed by atoms with van der Waals surface area (Å²) in [6.45, 7) is 1.20. The van der Waals surface area contributed by atoms with Crippen molar-refractivity contribution >= 4 is 5.91 Å². The van der Waals surface area contributed by atoms with E-state index in [1.807, 2.05) is 25.1 Å². The number of hydrogen-bond acceptors (Lipinski definition) is 3. The van der Waals surface area contributed by atoms with Crippen molar-refractivity contribution in [1.29, 1.82) is 0 Å². The van der Waals surface area contributed by atoms with Gasteiger partial charge in [-0.3, -0.25) is 4.79 Å². The molecule has 0 aliphatic heterocycles. The van der Waals surface area contributed by atoms with Crippen molar-refractivity contribution in [2.75, 3.05) is 20.6 Å². The fourth-order valence-corrected chi connectivity index (χ4v) is 1.28. The number of phenols is 1.